The SMILES string of the molecule is O=C(N=c1nc2ccc(N3CCOCC3)cc2c2n1CCN2)c1cccs1. The average Bonchev–Trinajstić information content (AvgIpc) is 3.41. The van der Waals surface area contributed by atoms with Crippen molar-refractivity contribution in [1.29, 1.82) is 0 Å². The predicted octanol–water partition coefficient (Wildman–Crippen LogP) is 2.10. The zero-order valence-electron chi connectivity index (χ0n) is 14.7. The van der Waals surface area contributed by atoms with Gasteiger partial charge < -0.3 is 15.0 Å². The molecule has 2 aromatic heterocycles. The van der Waals surface area contributed by atoms with E-state index in [1.165, 1.54) is 17.0 Å². The van der Waals surface area contributed by atoms with Gasteiger partial charge in [0.15, 0.2) is 0 Å². The average molecular weight is 381 g/mol. The molecule has 0 saturated carbocycles. The second kappa shape index (κ2) is 6.79. The highest BCUT2D eigenvalue weighted by Crippen LogP contribution is 2.28. The minimum Gasteiger partial charge on any atom is -0.378 e. The van der Waals surface area contributed by atoms with Crippen LogP contribution in [0.2, 0.25) is 0 Å². The van der Waals surface area contributed by atoms with Crippen molar-refractivity contribution in [2.45, 2.75) is 6.54 Å². The van der Waals surface area contributed by atoms with E-state index in [1.54, 1.807) is 6.07 Å². The highest BCUT2D eigenvalue weighted by molar-refractivity contribution is 7.12. The number of nitrogens with zero attached hydrogens (tertiary/aromatic N) is 4. The fraction of sp³-hybridized carbons (Fsp3) is 0.316. The van der Waals surface area contributed by atoms with Gasteiger partial charge in [-0.2, -0.15) is 4.99 Å². The summed E-state index contributed by atoms with van der Waals surface area (Å²) in [6, 6.07) is 9.90. The number of fused-ring (bicyclic) bond motifs is 3. The van der Waals surface area contributed by atoms with Crippen LogP contribution in [0.25, 0.3) is 10.9 Å². The second-order valence-electron chi connectivity index (χ2n) is 6.53. The molecule has 2 aliphatic rings. The number of carbonyl (C=O) groups excluding carboxylic acids is 1. The highest BCUT2D eigenvalue weighted by Gasteiger charge is 2.18. The van der Waals surface area contributed by atoms with Crippen LogP contribution < -0.4 is 15.8 Å². The molecule has 1 aromatic carbocycles. The van der Waals surface area contributed by atoms with Crippen LogP contribution in [-0.2, 0) is 11.3 Å². The predicted molar refractivity (Wildman–Crippen MR) is 105 cm³/mol. The molecule has 0 bridgehead atoms. The summed E-state index contributed by atoms with van der Waals surface area (Å²) in [4.78, 5) is 24.3. The van der Waals surface area contributed by atoms with Crippen LogP contribution in [0.5, 0.6) is 0 Å². The molecule has 27 heavy (non-hydrogen) atoms. The van der Waals surface area contributed by atoms with E-state index in [4.69, 9.17) is 4.74 Å². The number of anilines is 2. The van der Waals surface area contributed by atoms with Gasteiger partial charge in [-0.05, 0) is 29.6 Å². The molecule has 1 fully saturated rings. The van der Waals surface area contributed by atoms with Gasteiger partial charge in [0.05, 0.1) is 23.6 Å². The molecule has 0 aliphatic carbocycles. The first-order valence-corrected chi connectivity index (χ1v) is 9.91. The molecule has 2 aliphatic heterocycles. The third-order valence-electron chi connectivity index (χ3n) is 4.90. The molecular weight excluding hydrogens is 362 g/mol. The number of amides is 1. The largest absolute Gasteiger partial charge is 0.378 e. The monoisotopic (exact) mass is 381 g/mol. The van der Waals surface area contributed by atoms with E-state index in [1.807, 2.05) is 22.1 Å². The van der Waals surface area contributed by atoms with Gasteiger partial charge in [-0.15, -0.1) is 11.3 Å². The second-order valence-corrected chi connectivity index (χ2v) is 7.48. The van der Waals surface area contributed by atoms with E-state index >= 15 is 0 Å². The first kappa shape index (κ1) is 16.5. The fourth-order valence-corrected chi connectivity index (χ4v) is 4.17. The van der Waals surface area contributed by atoms with Crippen molar-refractivity contribution in [3.8, 4) is 0 Å². The summed E-state index contributed by atoms with van der Waals surface area (Å²) in [7, 11) is 0. The van der Waals surface area contributed by atoms with Gasteiger partial charge in [0.2, 0.25) is 5.62 Å². The van der Waals surface area contributed by atoms with Gasteiger partial charge in [-0.25, -0.2) is 4.98 Å². The molecule has 1 amide bonds. The van der Waals surface area contributed by atoms with E-state index in [0.717, 1.165) is 56.1 Å². The number of ether oxygens (including phenoxy) is 1. The quantitative estimate of drug-likeness (QED) is 0.736. The molecule has 5 rings (SSSR count). The molecule has 0 radical (unpaired) electrons. The topological polar surface area (TPSA) is 71.8 Å². The zero-order chi connectivity index (χ0) is 18.2. The standard InChI is InChI=1S/C19H19N5O2S/c25-18(16-2-1-11-27-16)22-19-21-15-4-3-13(23-7-9-26-10-8-23)12-14(15)17-20-5-6-24(17)19/h1-4,11-12,20H,5-10H2. The van der Waals surface area contributed by atoms with E-state index < -0.39 is 0 Å². The summed E-state index contributed by atoms with van der Waals surface area (Å²) in [6.45, 7) is 4.85. The molecule has 4 heterocycles. The molecule has 1 N–H and O–H groups in total. The van der Waals surface area contributed by atoms with Gasteiger partial charge in [0, 0.05) is 37.3 Å². The van der Waals surface area contributed by atoms with E-state index in [-0.39, 0.29) is 5.91 Å². The third-order valence-corrected chi connectivity index (χ3v) is 5.76. The number of nitrogens with one attached hydrogen (secondary N) is 1. The summed E-state index contributed by atoms with van der Waals surface area (Å²) < 4.78 is 7.45. The van der Waals surface area contributed by atoms with Gasteiger partial charge in [-0.3, -0.25) is 9.36 Å². The summed E-state index contributed by atoms with van der Waals surface area (Å²) in [5.74, 6) is 0.733. The Bertz CT molecular complexity index is 1070. The van der Waals surface area contributed by atoms with Crippen LogP contribution in [0.4, 0.5) is 11.5 Å². The first-order chi connectivity index (χ1) is 13.3. The molecule has 8 heteroatoms. The zero-order valence-corrected chi connectivity index (χ0v) is 15.5. The minimum absolute atomic E-state index is 0.247. The van der Waals surface area contributed by atoms with Crippen molar-refractivity contribution in [3.63, 3.8) is 0 Å². The first-order valence-electron chi connectivity index (χ1n) is 9.03. The Labute approximate surface area is 159 Å². The number of aromatic nitrogens is 2. The van der Waals surface area contributed by atoms with Gasteiger partial charge in [0.25, 0.3) is 5.91 Å². The maximum Gasteiger partial charge on any atom is 0.290 e. The third kappa shape index (κ3) is 3.00. The Morgan fingerprint density at radius 2 is 2.11 bits per heavy atom. The van der Waals surface area contributed by atoms with Gasteiger partial charge in [0.1, 0.15) is 5.82 Å². The molecule has 3 aromatic rings. The number of hydrogen-bond acceptors (Lipinski definition) is 6. The Balaban J connectivity index is 1.62. The number of benzene rings is 1. The molecule has 1 saturated heterocycles. The highest BCUT2D eigenvalue weighted by atomic mass is 32.1. The van der Waals surface area contributed by atoms with E-state index in [0.29, 0.717) is 10.5 Å². The Morgan fingerprint density at radius 1 is 1.22 bits per heavy atom. The van der Waals surface area contributed by atoms with E-state index in [2.05, 4.69) is 32.3 Å². The van der Waals surface area contributed by atoms with Crippen molar-refractivity contribution in [2.75, 3.05) is 43.1 Å². The van der Waals surface area contributed by atoms with Crippen LogP contribution >= 0.6 is 11.3 Å². The van der Waals surface area contributed by atoms with Crippen LogP contribution in [0, 0.1) is 0 Å². The Hall–Kier alpha value is -2.71. The van der Waals surface area contributed by atoms with Crippen molar-refractivity contribution in [1.82, 2.24) is 9.55 Å². The summed E-state index contributed by atoms with van der Waals surface area (Å²) >= 11 is 1.39. The summed E-state index contributed by atoms with van der Waals surface area (Å²) in [6.07, 6.45) is 0. The maximum atomic E-state index is 12.4. The Morgan fingerprint density at radius 3 is 2.93 bits per heavy atom. The Kier molecular flexibility index (Phi) is 4.14. The lowest BCUT2D eigenvalue weighted by molar-refractivity contribution is 0.100. The fourth-order valence-electron chi connectivity index (χ4n) is 3.56. The molecule has 0 spiro atoms. The van der Waals surface area contributed by atoms with Crippen molar-refractivity contribution < 1.29 is 9.53 Å². The minimum atomic E-state index is -0.247. The summed E-state index contributed by atoms with van der Waals surface area (Å²) in [5.41, 5.74) is 2.47. The van der Waals surface area contributed by atoms with Crippen LogP contribution in [-0.4, -0.2) is 48.3 Å². The molecule has 138 valence electrons. The number of carbonyl (C=O) groups is 1. The number of rotatable bonds is 2. The smallest absolute Gasteiger partial charge is 0.290 e. The number of thiophene rings is 1. The molecular formula is C19H19N5O2S. The lowest BCUT2D eigenvalue weighted by Crippen LogP contribution is -2.36. The number of morpholine rings is 1. The van der Waals surface area contributed by atoms with Crippen molar-refractivity contribution in [2.24, 2.45) is 4.99 Å². The van der Waals surface area contributed by atoms with Gasteiger partial charge >= 0.3 is 0 Å². The van der Waals surface area contributed by atoms with E-state index in [9.17, 15) is 4.79 Å². The maximum absolute atomic E-state index is 12.4. The lowest BCUT2D eigenvalue weighted by atomic mass is 10.2. The van der Waals surface area contributed by atoms with Crippen LogP contribution in [0.1, 0.15) is 9.67 Å². The van der Waals surface area contributed by atoms with Gasteiger partial charge in [-0.1, -0.05) is 6.07 Å². The number of hydrogen-bond donors (Lipinski definition) is 1. The van der Waals surface area contributed by atoms with Crippen LogP contribution in [0.3, 0.4) is 0 Å². The molecule has 0 atom stereocenters. The summed E-state index contributed by atoms with van der Waals surface area (Å²) in [5, 5.41) is 6.37. The van der Waals surface area contributed by atoms with Crippen LogP contribution in [0.15, 0.2) is 40.7 Å². The normalized spacial score (nSPS) is 17.2. The van der Waals surface area contributed by atoms with Crippen molar-refractivity contribution >= 4 is 39.7 Å². The molecule has 7 nitrogen and oxygen atoms in total. The molecule has 0 unspecified atom stereocenters. The van der Waals surface area contributed by atoms with Crippen molar-refractivity contribution in [3.05, 3.63) is 46.2 Å². The lowest BCUT2D eigenvalue weighted by Gasteiger charge is -2.29.